The van der Waals surface area contributed by atoms with E-state index in [1.807, 2.05) is 0 Å². The molecule has 4 N–H and O–H groups in total. The quantitative estimate of drug-likeness (QED) is 0.726. The summed E-state index contributed by atoms with van der Waals surface area (Å²) >= 11 is 1.23. The number of carbonyl (C=O) groups excluding carboxylic acids is 1. The second-order valence-electron chi connectivity index (χ2n) is 3.89. The molecule has 1 aromatic heterocycles. The third kappa shape index (κ3) is 1.93. The van der Waals surface area contributed by atoms with Crippen molar-refractivity contribution in [2.75, 3.05) is 0 Å². The summed E-state index contributed by atoms with van der Waals surface area (Å²) < 4.78 is 38.5. The Balaban J connectivity index is 2.33. The topological polar surface area (TPSA) is 78.6 Å². The van der Waals surface area contributed by atoms with Gasteiger partial charge in [-0.05, 0) is 11.4 Å². The van der Waals surface area contributed by atoms with Gasteiger partial charge in [-0.25, -0.2) is 15.2 Å². The lowest BCUT2D eigenvalue weighted by Crippen LogP contribution is -2.61. The molecular formula is C9H10F3N3O2S. The fourth-order valence-electron chi connectivity index (χ4n) is 1.83. The zero-order valence-corrected chi connectivity index (χ0v) is 9.76. The molecule has 0 spiro atoms. The molecule has 0 radical (unpaired) electrons. The highest BCUT2D eigenvalue weighted by Gasteiger charge is 2.64. The van der Waals surface area contributed by atoms with Gasteiger partial charge in [0, 0.05) is 11.3 Å². The third-order valence-corrected chi connectivity index (χ3v) is 3.69. The van der Waals surface area contributed by atoms with E-state index in [9.17, 15) is 23.1 Å². The van der Waals surface area contributed by atoms with Crippen LogP contribution in [-0.2, 0) is 0 Å². The van der Waals surface area contributed by atoms with Crippen LogP contribution in [0.2, 0.25) is 0 Å². The molecule has 2 unspecified atom stereocenters. The number of rotatable bonds is 1. The van der Waals surface area contributed by atoms with Crippen molar-refractivity contribution >= 4 is 17.4 Å². The van der Waals surface area contributed by atoms with Crippen LogP contribution in [0.5, 0.6) is 0 Å². The van der Waals surface area contributed by atoms with Crippen molar-refractivity contribution in [3.05, 3.63) is 22.4 Å². The monoisotopic (exact) mass is 281 g/mol. The number of halogens is 3. The number of carbonyl (C=O) groups is 1. The summed E-state index contributed by atoms with van der Waals surface area (Å²) in [7, 11) is 0. The number of primary amides is 1. The van der Waals surface area contributed by atoms with E-state index >= 15 is 0 Å². The molecule has 1 saturated heterocycles. The standard InChI is InChI=1S/C9H10F3N3O2S/c10-9(11,12)8(17)4-5(6-2-1-3-18-6)14-15(8)7(13)16/h1-3,5,14,17H,4H2,(H2,13,16). The lowest BCUT2D eigenvalue weighted by Gasteiger charge is -2.32. The molecule has 5 nitrogen and oxygen atoms in total. The van der Waals surface area contributed by atoms with E-state index in [2.05, 4.69) is 5.43 Å². The predicted octanol–water partition coefficient (Wildman–Crippen LogP) is 1.33. The maximum Gasteiger partial charge on any atom is 0.438 e. The lowest BCUT2D eigenvalue weighted by atomic mass is 10.0. The van der Waals surface area contributed by atoms with Gasteiger partial charge in [-0.15, -0.1) is 11.3 Å². The number of nitrogens with zero attached hydrogens (tertiary/aromatic N) is 1. The van der Waals surface area contributed by atoms with E-state index < -0.39 is 30.4 Å². The van der Waals surface area contributed by atoms with E-state index in [0.29, 0.717) is 4.88 Å². The van der Waals surface area contributed by atoms with Crippen LogP contribution in [0.3, 0.4) is 0 Å². The van der Waals surface area contributed by atoms with E-state index in [1.54, 1.807) is 17.5 Å². The molecule has 2 amide bonds. The molecule has 100 valence electrons. The molecule has 1 aliphatic rings. The summed E-state index contributed by atoms with van der Waals surface area (Å²) in [5, 5.41) is 11.4. The number of aliphatic hydroxyl groups is 1. The van der Waals surface area contributed by atoms with E-state index in [1.165, 1.54) is 11.3 Å². The number of thiophene rings is 1. The molecule has 0 saturated carbocycles. The molecule has 2 rings (SSSR count). The number of nitrogens with two attached hydrogens (primary N) is 1. The molecule has 18 heavy (non-hydrogen) atoms. The van der Waals surface area contributed by atoms with Crippen LogP contribution in [0.1, 0.15) is 17.3 Å². The molecule has 9 heteroatoms. The van der Waals surface area contributed by atoms with Gasteiger partial charge in [0.15, 0.2) is 0 Å². The average molecular weight is 281 g/mol. The first-order valence-corrected chi connectivity index (χ1v) is 5.82. The fraction of sp³-hybridized carbons (Fsp3) is 0.444. The van der Waals surface area contributed by atoms with Crippen molar-refractivity contribution in [1.29, 1.82) is 0 Å². The molecule has 1 fully saturated rings. The predicted molar refractivity (Wildman–Crippen MR) is 57.2 cm³/mol. The van der Waals surface area contributed by atoms with Gasteiger partial charge in [0.1, 0.15) is 0 Å². The Morgan fingerprint density at radius 3 is 2.72 bits per heavy atom. The van der Waals surface area contributed by atoms with Crippen molar-refractivity contribution < 1.29 is 23.1 Å². The maximum atomic E-state index is 12.8. The Hall–Kier alpha value is -1.32. The molecule has 0 aliphatic carbocycles. The van der Waals surface area contributed by atoms with Gasteiger partial charge in [-0.2, -0.15) is 13.2 Å². The molecule has 2 atom stereocenters. The van der Waals surface area contributed by atoms with Gasteiger partial charge >= 0.3 is 12.2 Å². The normalized spacial score (nSPS) is 28.7. The van der Waals surface area contributed by atoms with Crippen LogP contribution >= 0.6 is 11.3 Å². The molecule has 1 aromatic rings. The van der Waals surface area contributed by atoms with Crippen molar-refractivity contribution in [1.82, 2.24) is 10.4 Å². The lowest BCUT2D eigenvalue weighted by molar-refractivity contribution is -0.299. The average Bonchev–Trinajstić information content (AvgIpc) is 2.82. The summed E-state index contributed by atoms with van der Waals surface area (Å²) in [6.45, 7) is 0. The Kier molecular flexibility index (Phi) is 2.99. The number of hydrogen-bond acceptors (Lipinski definition) is 4. The number of hydrogen-bond donors (Lipinski definition) is 3. The first-order chi connectivity index (χ1) is 8.25. The fourth-order valence-corrected chi connectivity index (χ4v) is 2.60. The summed E-state index contributed by atoms with van der Waals surface area (Å²) in [6.07, 6.45) is -5.68. The van der Waals surface area contributed by atoms with Crippen molar-refractivity contribution in [3.63, 3.8) is 0 Å². The minimum Gasteiger partial charge on any atom is -0.362 e. The van der Waals surface area contributed by atoms with Crippen LogP contribution in [0.15, 0.2) is 17.5 Å². The Morgan fingerprint density at radius 1 is 1.67 bits per heavy atom. The van der Waals surface area contributed by atoms with Gasteiger partial charge < -0.3 is 10.8 Å². The second kappa shape index (κ2) is 4.11. The SMILES string of the molecule is NC(=O)N1NC(c2cccs2)CC1(O)C(F)(F)F. The van der Waals surface area contributed by atoms with E-state index in [4.69, 9.17) is 5.73 Å². The molecular weight excluding hydrogens is 271 g/mol. The third-order valence-electron chi connectivity index (χ3n) is 2.70. The highest BCUT2D eigenvalue weighted by molar-refractivity contribution is 7.10. The van der Waals surface area contributed by atoms with Crippen molar-refractivity contribution in [2.24, 2.45) is 5.73 Å². The molecule has 0 aromatic carbocycles. The number of nitrogens with one attached hydrogen (secondary N) is 1. The summed E-state index contributed by atoms with van der Waals surface area (Å²) in [5.41, 5.74) is 3.86. The molecule has 1 aliphatic heterocycles. The zero-order chi connectivity index (χ0) is 13.6. The van der Waals surface area contributed by atoms with Crippen molar-refractivity contribution in [3.8, 4) is 0 Å². The van der Waals surface area contributed by atoms with Crippen LogP contribution in [-0.4, -0.2) is 28.0 Å². The molecule has 2 heterocycles. The van der Waals surface area contributed by atoms with Crippen LogP contribution in [0, 0.1) is 0 Å². The largest absolute Gasteiger partial charge is 0.438 e. The number of urea groups is 1. The summed E-state index contributed by atoms with van der Waals surface area (Å²) in [4.78, 5) is 11.6. The van der Waals surface area contributed by atoms with E-state index in [-0.39, 0.29) is 5.01 Å². The Morgan fingerprint density at radius 2 is 2.33 bits per heavy atom. The van der Waals surface area contributed by atoms with Gasteiger partial charge in [0.25, 0.3) is 5.72 Å². The number of amides is 2. The van der Waals surface area contributed by atoms with Gasteiger partial charge in [-0.3, -0.25) is 0 Å². The van der Waals surface area contributed by atoms with Gasteiger partial charge in [-0.1, -0.05) is 6.07 Å². The van der Waals surface area contributed by atoms with Crippen LogP contribution in [0.25, 0.3) is 0 Å². The first kappa shape index (κ1) is 13.1. The van der Waals surface area contributed by atoms with Gasteiger partial charge in [0.2, 0.25) is 0 Å². The zero-order valence-electron chi connectivity index (χ0n) is 8.94. The highest BCUT2D eigenvalue weighted by Crippen LogP contribution is 2.44. The van der Waals surface area contributed by atoms with Crippen LogP contribution in [0.4, 0.5) is 18.0 Å². The first-order valence-electron chi connectivity index (χ1n) is 4.94. The highest BCUT2D eigenvalue weighted by atomic mass is 32.1. The number of alkyl halides is 3. The Bertz CT molecular complexity index is 450. The maximum absolute atomic E-state index is 12.8. The summed E-state index contributed by atoms with van der Waals surface area (Å²) in [6, 6.07) is 1.10. The summed E-state index contributed by atoms with van der Waals surface area (Å²) in [5.74, 6) is 0. The minimum absolute atomic E-state index is 0.0391. The smallest absolute Gasteiger partial charge is 0.362 e. The van der Waals surface area contributed by atoms with Crippen molar-refractivity contribution in [2.45, 2.75) is 24.4 Å². The van der Waals surface area contributed by atoms with Crippen LogP contribution < -0.4 is 11.2 Å². The molecule has 0 bridgehead atoms. The minimum atomic E-state index is -4.99. The van der Waals surface area contributed by atoms with E-state index in [0.717, 1.165) is 0 Å². The number of hydrazine groups is 1. The second-order valence-corrected chi connectivity index (χ2v) is 4.87. The Labute approximate surface area is 104 Å². The van der Waals surface area contributed by atoms with Gasteiger partial charge in [0.05, 0.1) is 6.04 Å².